The molecule has 3 heteroatoms. The molecule has 94 valence electrons. The monoisotopic (exact) mass is 234 g/mol. The van der Waals surface area contributed by atoms with Gasteiger partial charge < -0.3 is 10.6 Å². The molecule has 0 atom stereocenters. The molecule has 0 unspecified atom stereocenters. The van der Waals surface area contributed by atoms with Gasteiger partial charge in [-0.3, -0.25) is 0 Å². The first-order valence-electron chi connectivity index (χ1n) is 5.97. The topological polar surface area (TPSA) is 41.1 Å². The SMILES string of the molecule is CC(C)c1ccc(NC(=O)NC(C)(C)C)cc1. The molecule has 1 aromatic rings. The second-order valence-electron chi connectivity index (χ2n) is 5.61. The highest BCUT2D eigenvalue weighted by molar-refractivity contribution is 5.89. The molecule has 17 heavy (non-hydrogen) atoms. The van der Waals surface area contributed by atoms with Crippen molar-refractivity contribution in [1.29, 1.82) is 0 Å². The number of hydrogen-bond acceptors (Lipinski definition) is 1. The molecule has 3 nitrogen and oxygen atoms in total. The van der Waals surface area contributed by atoms with Crippen LogP contribution in [0.1, 0.15) is 46.1 Å². The molecule has 1 aromatic carbocycles. The van der Waals surface area contributed by atoms with Crippen molar-refractivity contribution in [3.05, 3.63) is 29.8 Å². The number of urea groups is 1. The van der Waals surface area contributed by atoms with Crippen molar-refractivity contribution < 1.29 is 4.79 Å². The molecule has 0 heterocycles. The van der Waals surface area contributed by atoms with Crippen LogP contribution < -0.4 is 10.6 Å². The standard InChI is InChI=1S/C14H22N2O/c1-10(2)11-6-8-12(9-7-11)15-13(17)16-14(3,4)5/h6-10H,1-5H3,(H2,15,16,17). The maximum absolute atomic E-state index is 11.6. The third-order valence-electron chi connectivity index (χ3n) is 2.32. The number of carbonyl (C=O) groups is 1. The Morgan fingerprint density at radius 1 is 1.12 bits per heavy atom. The van der Waals surface area contributed by atoms with Gasteiger partial charge in [0.15, 0.2) is 0 Å². The summed E-state index contributed by atoms with van der Waals surface area (Å²) in [5.74, 6) is 0.507. The Bertz CT molecular complexity index is 374. The van der Waals surface area contributed by atoms with Gasteiger partial charge in [0.2, 0.25) is 0 Å². The van der Waals surface area contributed by atoms with E-state index in [4.69, 9.17) is 0 Å². The van der Waals surface area contributed by atoms with Crippen molar-refractivity contribution in [2.24, 2.45) is 0 Å². The van der Waals surface area contributed by atoms with Crippen LogP contribution in [-0.4, -0.2) is 11.6 Å². The van der Waals surface area contributed by atoms with Crippen LogP contribution in [-0.2, 0) is 0 Å². The summed E-state index contributed by atoms with van der Waals surface area (Å²) >= 11 is 0. The van der Waals surface area contributed by atoms with Gasteiger partial charge in [-0.15, -0.1) is 0 Å². The minimum Gasteiger partial charge on any atom is -0.333 e. The summed E-state index contributed by atoms with van der Waals surface area (Å²) in [6, 6.07) is 7.76. The van der Waals surface area contributed by atoms with E-state index in [1.54, 1.807) is 0 Å². The molecule has 0 aliphatic carbocycles. The lowest BCUT2D eigenvalue weighted by Crippen LogP contribution is -2.43. The highest BCUT2D eigenvalue weighted by Gasteiger charge is 2.13. The van der Waals surface area contributed by atoms with Crippen molar-refractivity contribution in [3.63, 3.8) is 0 Å². The van der Waals surface area contributed by atoms with Crippen LogP contribution in [0.4, 0.5) is 10.5 Å². The minimum absolute atomic E-state index is 0.171. The molecule has 0 spiro atoms. The number of amides is 2. The Hall–Kier alpha value is -1.51. The molecule has 2 N–H and O–H groups in total. The first-order valence-corrected chi connectivity index (χ1v) is 5.97. The van der Waals surface area contributed by atoms with Crippen molar-refractivity contribution in [2.75, 3.05) is 5.32 Å². The molecule has 0 aliphatic heterocycles. The summed E-state index contributed by atoms with van der Waals surface area (Å²) in [6.07, 6.45) is 0. The van der Waals surface area contributed by atoms with Crippen LogP contribution in [0.2, 0.25) is 0 Å². The van der Waals surface area contributed by atoms with Gasteiger partial charge >= 0.3 is 6.03 Å². The fourth-order valence-corrected chi connectivity index (χ4v) is 1.45. The van der Waals surface area contributed by atoms with Crippen molar-refractivity contribution >= 4 is 11.7 Å². The van der Waals surface area contributed by atoms with E-state index in [-0.39, 0.29) is 11.6 Å². The lowest BCUT2D eigenvalue weighted by atomic mass is 10.0. The van der Waals surface area contributed by atoms with E-state index in [1.165, 1.54) is 5.56 Å². The summed E-state index contributed by atoms with van der Waals surface area (Å²) in [4.78, 5) is 11.6. The van der Waals surface area contributed by atoms with Crippen molar-refractivity contribution in [3.8, 4) is 0 Å². The fraction of sp³-hybridized carbons (Fsp3) is 0.500. The van der Waals surface area contributed by atoms with E-state index in [0.717, 1.165) is 5.69 Å². The third kappa shape index (κ3) is 4.89. The summed E-state index contributed by atoms with van der Waals surface area (Å²) in [6.45, 7) is 10.2. The lowest BCUT2D eigenvalue weighted by molar-refractivity contribution is 0.244. The Morgan fingerprint density at radius 3 is 2.06 bits per heavy atom. The zero-order valence-electron chi connectivity index (χ0n) is 11.3. The Balaban J connectivity index is 2.61. The predicted octanol–water partition coefficient (Wildman–Crippen LogP) is 3.73. The Morgan fingerprint density at radius 2 is 1.65 bits per heavy atom. The van der Waals surface area contributed by atoms with Gasteiger partial charge in [-0.25, -0.2) is 4.79 Å². The van der Waals surface area contributed by atoms with Crippen LogP contribution in [0.3, 0.4) is 0 Å². The van der Waals surface area contributed by atoms with E-state index in [0.29, 0.717) is 5.92 Å². The van der Waals surface area contributed by atoms with E-state index >= 15 is 0 Å². The number of benzene rings is 1. The average molecular weight is 234 g/mol. The molecule has 0 radical (unpaired) electrons. The highest BCUT2D eigenvalue weighted by atomic mass is 16.2. The molecule has 0 aliphatic rings. The minimum atomic E-state index is -0.220. The largest absolute Gasteiger partial charge is 0.333 e. The Kier molecular flexibility index (Phi) is 4.16. The van der Waals surface area contributed by atoms with Gasteiger partial charge in [-0.2, -0.15) is 0 Å². The van der Waals surface area contributed by atoms with Crippen molar-refractivity contribution in [2.45, 2.75) is 46.1 Å². The quantitative estimate of drug-likeness (QED) is 0.804. The van der Waals surface area contributed by atoms with Crippen LogP contribution >= 0.6 is 0 Å². The number of anilines is 1. The third-order valence-corrected chi connectivity index (χ3v) is 2.32. The zero-order valence-corrected chi connectivity index (χ0v) is 11.3. The van der Waals surface area contributed by atoms with Gasteiger partial charge in [0, 0.05) is 11.2 Å². The first-order chi connectivity index (χ1) is 7.78. The molecule has 2 amide bonds. The number of rotatable bonds is 2. The molecule has 0 bridgehead atoms. The maximum Gasteiger partial charge on any atom is 0.319 e. The summed E-state index contributed by atoms with van der Waals surface area (Å²) in [5.41, 5.74) is 1.87. The lowest BCUT2D eigenvalue weighted by Gasteiger charge is -2.20. The molecule has 0 saturated carbocycles. The second-order valence-corrected chi connectivity index (χ2v) is 5.61. The smallest absolute Gasteiger partial charge is 0.319 e. The van der Waals surface area contributed by atoms with Gasteiger partial charge in [0.25, 0.3) is 0 Å². The van der Waals surface area contributed by atoms with Crippen LogP contribution in [0.5, 0.6) is 0 Å². The Labute approximate surface area is 104 Å². The van der Waals surface area contributed by atoms with E-state index < -0.39 is 0 Å². The van der Waals surface area contributed by atoms with Crippen LogP contribution in [0, 0.1) is 0 Å². The van der Waals surface area contributed by atoms with Crippen LogP contribution in [0.15, 0.2) is 24.3 Å². The van der Waals surface area contributed by atoms with E-state index in [9.17, 15) is 4.79 Å². The number of carbonyl (C=O) groups excluding carboxylic acids is 1. The second kappa shape index (κ2) is 5.21. The van der Waals surface area contributed by atoms with E-state index in [2.05, 4.69) is 24.5 Å². The number of hydrogen-bond donors (Lipinski definition) is 2. The average Bonchev–Trinajstić information content (AvgIpc) is 2.15. The maximum atomic E-state index is 11.6. The van der Waals surface area contributed by atoms with Gasteiger partial charge in [0.05, 0.1) is 0 Å². The zero-order chi connectivity index (χ0) is 13.1. The summed E-state index contributed by atoms with van der Waals surface area (Å²) in [7, 11) is 0. The van der Waals surface area contributed by atoms with Gasteiger partial charge in [-0.1, -0.05) is 26.0 Å². The predicted molar refractivity (Wildman–Crippen MR) is 72.4 cm³/mol. The summed E-state index contributed by atoms with van der Waals surface area (Å²) < 4.78 is 0. The highest BCUT2D eigenvalue weighted by Crippen LogP contribution is 2.17. The van der Waals surface area contributed by atoms with Gasteiger partial charge in [0.1, 0.15) is 0 Å². The molecule has 0 fully saturated rings. The fourth-order valence-electron chi connectivity index (χ4n) is 1.45. The molecule has 0 saturated heterocycles. The van der Waals surface area contributed by atoms with Crippen molar-refractivity contribution in [1.82, 2.24) is 5.32 Å². The molecular formula is C14H22N2O. The first kappa shape index (κ1) is 13.6. The molecular weight excluding hydrogens is 212 g/mol. The van der Waals surface area contributed by atoms with E-state index in [1.807, 2.05) is 45.0 Å². The van der Waals surface area contributed by atoms with Crippen LogP contribution in [0.25, 0.3) is 0 Å². The van der Waals surface area contributed by atoms with Gasteiger partial charge in [-0.05, 0) is 44.4 Å². The normalized spacial score (nSPS) is 11.4. The molecule has 1 rings (SSSR count). The summed E-state index contributed by atoms with van der Waals surface area (Å²) in [5, 5.41) is 5.67. The molecule has 0 aromatic heterocycles. The number of nitrogens with one attached hydrogen (secondary N) is 2.